The Labute approximate surface area is 285 Å². The lowest BCUT2D eigenvalue weighted by Gasteiger charge is -2.13. The zero-order valence-electron chi connectivity index (χ0n) is 25.3. The maximum atomic E-state index is 13.5. The van der Waals surface area contributed by atoms with Crippen LogP contribution in [0.3, 0.4) is 0 Å². The zero-order valence-corrected chi connectivity index (χ0v) is 27.7. The summed E-state index contributed by atoms with van der Waals surface area (Å²) in [6.45, 7) is 0. The number of carbonyl (C=O) groups is 3. The highest BCUT2D eigenvalue weighted by Gasteiger charge is 2.16. The minimum absolute atomic E-state index is 0.0184. The number of amides is 3. The van der Waals surface area contributed by atoms with Crippen molar-refractivity contribution in [2.45, 2.75) is 4.90 Å². The minimum atomic E-state index is -0.538. The summed E-state index contributed by atoms with van der Waals surface area (Å²) in [6, 6.07) is 28.2. The molecular weight excluding hydrogens is 656 g/mol. The van der Waals surface area contributed by atoms with Crippen LogP contribution in [0.1, 0.15) is 15.9 Å². The number of thiazole rings is 1. The molecule has 1 heterocycles. The SMILES string of the molecule is COc1ccc(/C=C(/NC(=O)c2ccccc2)C(=O)Nc2cccc(SCC(=O)Nc3nc(-c4ccc(Cl)cc4)cs3)c2)cc1OC. The largest absolute Gasteiger partial charge is 0.493 e. The first-order valence-electron chi connectivity index (χ1n) is 14.2. The topological polar surface area (TPSA) is 119 Å². The summed E-state index contributed by atoms with van der Waals surface area (Å²) in [7, 11) is 3.05. The lowest BCUT2D eigenvalue weighted by Crippen LogP contribution is -2.30. The average molecular weight is 685 g/mol. The van der Waals surface area contributed by atoms with Crippen molar-refractivity contribution >= 4 is 69.3 Å². The van der Waals surface area contributed by atoms with Crippen LogP contribution in [0, 0.1) is 0 Å². The van der Waals surface area contributed by atoms with Crippen molar-refractivity contribution in [3.8, 4) is 22.8 Å². The maximum Gasteiger partial charge on any atom is 0.272 e. The number of methoxy groups -OCH3 is 2. The number of hydrogen-bond donors (Lipinski definition) is 3. The van der Waals surface area contributed by atoms with Crippen LogP contribution in [0.25, 0.3) is 17.3 Å². The van der Waals surface area contributed by atoms with Crippen molar-refractivity contribution < 1.29 is 23.9 Å². The number of halogens is 1. The number of nitrogens with zero attached hydrogens (tertiary/aromatic N) is 1. The van der Waals surface area contributed by atoms with E-state index in [-0.39, 0.29) is 17.4 Å². The molecule has 0 unspecified atom stereocenters. The van der Waals surface area contributed by atoms with Gasteiger partial charge >= 0.3 is 0 Å². The van der Waals surface area contributed by atoms with Gasteiger partial charge in [-0.3, -0.25) is 14.4 Å². The van der Waals surface area contributed by atoms with Crippen LogP contribution in [0.5, 0.6) is 11.5 Å². The van der Waals surface area contributed by atoms with Gasteiger partial charge in [-0.15, -0.1) is 23.1 Å². The van der Waals surface area contributed by atoms with Crippen LogP contribution >= 0.6 is 34.7 Å². The van der Waals surface area contributed by atoms with E-state index in [1.807, 2.05) is 23.6 Å². The van der Waals surface area contributed by atoms with Gasteiger partial charge in [-0.1, -0.05) is 54.1 Å². The molecule has 238 valence electrons. The lowest BCUT2D eigenvalue weighted by molar-refractivity contribution is -0.114. The van der Waals surface area contributed by atoms with Crippen LogP contribution in [-0.4, -0.2) is 42.7 Å². The monoisotopic (exact) mass is 684 g/mol. The molecule has 0 aliphatic heterocycles. The second-order valence-electron chi connectivity index (χ2n) is 9.86. The molecule has 0 aliphatic rings. The van der Waals surface area contributed by atoms with Crippen LogP contribution < -0.4 is 25.4 Å². The number of nitrogens with one attached hydrogen (secondary N) is 3. The molecule has 5 aromatic rings. The fourth-order valence-electron chi connectivity index (χ4n) is 4.30. The third-order valence-electron chi connectivity index (χ3n) is 6.60. The molecule has 0 radical (unpaired) electrons. The summed E-state index contributed by atoms with van der Waals surface area (Å²) in [4.78, 5) is 44.5. The molecule has 0 spiro atoms. The molecule has 12 heteroatoms. The van der Waals surface area contributed by atoms with Gasteiger partial charge in [-0.05, 0) is 66.2 Å². The van der Waals surface area contributed by atoms with E-state index < -0.39 is 11.8 Å². The molecule has 1 aromatic heterocycles. The standard InChI is InChI=1S/C35H29ClN4O5S2/c1-44-30-16-11-22(18-31(30)45-2)17-28(38-33(42)24-7-4-3-5-8-24)34(43)37-26-9-6-10-27(19-26)46-21-32(41)40-35-39-29(20-47-35)23-12-14-25(36)15-13-23/h3-20H,21H2,1-2H3,(H,37,43)(H,38,42)(H,39,40,41)/b28-17+. The Hall–Kier alpha value is -5.10. The van der Waals surface area contributed by atoms with E-state index in [2.05, 4.69) is 20.9 Å². The first kappa shape index (κ1) is 33.3. The molecule has 9 nitrogen and oxygen atoms in total. The van der Waals surface area contributed by atoms with Crippen molar-refractivity contribution in [1.82, 2.24) is 10.3 Å². The summed E-state index contributed by atoms with van der Waals surface area (Å²) >= 11 is 8.62. The Bertz CT molecular complexity index is 1910. The first-order valence-corrected chi connectivity index (χ1v) is 16.4. The van der Waals surface area contributed by atoms with Crippen molar-refractivity contribution in [1.29, 1.82) is 0 Å². The quantitative estimate of drug-likeness (QED) is 0.0914. The highest BCUT2D eigenvalue weighted by Crippen LogP contribution is 2.29. The second-order valence-corrected chi connectivity index (χ2v) is 12.2. The molecule has 0 atom stereocenters. The predicted octanol–water partition coefficient (Wildman–Crippen LogP) is 7.62. The Morgan fingerprint density at radius 3 is 2.38 bits per heavy atom. The number of ether oxygens (including phenoxy) is 2. The second kappa shape index (κ2) is 15.9. The van der Waals surface area contributed by atoms with E-state index in [1.165, 1.54) is 37.3 Å². The number of rotatable bonds is 12. The van der Waals surface area contributed by atoms with Crippen LogP contribution in [0.2, 0.25) is 5.02 Å². The fraction of sp³-hybridized carbons (Fsp3) is 0.0857. The van der Waals surface area contributed by atoms with E-state index in [9.17, 15) is 14.4 Å². The van der Waals surface area contributed by atoms with Crippen molar-refractivity contribution in [2.24, 2.45) is 0 Å². The zero-order chi connectivity index (χ0) is 33.2. The van der Waals surface area contributed by atoms with Gasteiger partial charge in [0, 0.05) is 32.1 Å². The molecular formula is C35H29ClN4O5S2. The van der Waals surface area contributed by atoms with Crippen LogP contribution in [-0.2, 0) is 9.59 Å². The van der Waals surface area contributed by atoms with Crippen molar-refractivity contribution in [2.75, 3.05) is 30.6 Å². The Kier molecular flexibility index (Phi) is 11.3. The molecule has 47 heavy (non-hydrogen) atoms. The van der Waals surface area contributed by atoms with E-state index >= 15 is 0 Å². The van der Waals surface area contributed by atoms with Crippen LogP contribution in [0.15, 0.2) is 113 Å². The molecule has 3 amide bonds. The smallest absolute Gasteiger partial charge is 0.272 e. The Balaban J connectivity index is 1.25. The third kappa shape index (κ3) is 9.23. The van der Waals surface area contributed by atoms with Crippen LogP contribution in [0.4, 0.5) is 10.8 Å². The molecule has 0 aliphatic carbocycles. The predicted molar refractivity (Wildman–Crippen MR) is 188 cm³/mol. The Morgan fingerprint density at radius 2 is 1.64 bits per heavy atom. The number of benzene rings is 4. The number of thioether (sulfide) groups is 1. The third-order valence-corrected chi connectivity index (χ3v) is 8.60. The summed E-state index contributed by atoms with van der Waals surface area (Å²) in [6.07, 6.45) is 1.55. The van der Waals surface area contributed by atoms with E-state index in [0.29, 0.717) is 38.5 Å². The van der Waals surface area contributed by atoms with Gasteiger partial charge in [0.1, 0.15) is 5.70 Å². The average Bonchev–Trinajstić information content (AvgIpc) is 3.56. The minimum Gasteiger partial charge on any atom is -0.493 e. The van der Waals surface area contributed by atoms with Gasteiger partial charge in [0.05, 0.1) is 25.7 Å². The van der Waals surface area contributed by atoms with E-state index in [1.54, 1.807) is 84.9 Å². The highest BCUT2D eigenvalue weighted by molar-refractivity contribution is 8.00. The van der Waals surface area contributed by atoms with Crippen molar-refractivity contribution in [3.05, 3.63) is 124 Å². The molecule has 5 rings (SSSR count). The van der Waals surface area contributed by atoms with Gasteiger partial charge in [0.25, 0.3) is 11.8 Å². The molecule has 0 bridgehead atoms. The Morgan fingerprint density at radius 1 is 0.872 bits per heavy atom. The maximum absolute atomic E-state index is 13.5. The molecule has 0 saturated heterocycles. The normalized spacial score (nSPS) is 11.0. The number of anilines is 2. The molecule has 4 aromatic carbocycles. The summed E-state index contributed by atoms with van der Waals surface area (Å²) in [5.41, 5.74) is 3.16. The lowest BCUT2D eigenvalue weighted by atomic mass is 10.1. The summed E-state index contributed by atoms with van der Waals surface area (Å²) in [5.74, 6) is -0.0646. The van der Waals surface area contributed by atoms with Gasteiger partial charge in [-0.2, -0.15) is 0 Å². The van der Waals surface area contributed by atoms with E-state index in [4.69, 9.17) is 21.1 Å². The molecule has 0 saturated carbocycles. The van der Waals surface area contributed by atoms with Gasteiger partial charge in [-0.25, -0.2) is 4.98 Å². The van der Waals surface area contributed by atoms with Gasteiger partial charge in [0.15, 0.2) is 16.6 Å². The number of hydrogen-bond acceptors (Lipinski definition) is 8. The van der Waals surface area contributed by atoms with Crippen molar-refractivity contribution in [3.63, 3.8) is 0 Å². The van der Waals surface area contributed by atoms with Gasteiger partial charge < -0.3 is 25.4 Å². The number of carbonyl (C=O) groups excluding carboxylic acids is 3. The van der Waals surface area contributed by atoms with E-state index in [0.717, 1.165) is 16.2 Å². The molecule has 0 fully saturated rings. The summed E-state index contributed by atoms with van der Waals surface area (Å²) in [5, 5.41) is 11.4. The van der Waals surface area contributed by atoms with Gasteiger partial charge in [0.2, 0.25) is 5.91 Å². The highest BCUT2D eigenvalue weighted by atomic mass is 35.5. The first-order chi connectivity index (χ1) is 22.8. The molecule has 3 N–H and O–H groups in total. The summed E-state index contributed by atoms with van der Waals surface area (Å²) < 4.78 is 10.7. The number of aromatic nitrogens is 1. The fourth-order valence-corrected chi connectivity index (χ4v) is 5.92.